The van der Waals surface area contributed by atoms with Crippen LogP contribution in [0.5, 0.6) is 0 Å². The fraction of sp³-hybridized carbons (Fsp3) is 0.300. The summed E-state index contributed by atoms with van der Waals surface area (Å²) in [7, 11) is 0. The minimum atomic E-state index is 0.399. The highest BCUT2D eigenvalue weighted by Crippen LogP contribution is 2.16. The van der Waals surface area contributed by atoms with Gasteiger partial charge in [-0.1, -0.05) is 18.5 Å². The number of halogens is 1. The van der Waals surface area contributed by atoms with Crippen molar-refractivity contribution in [3.8, 4) is 11.3 Å². The Morgan fingerprint density at radius 2 is 2.20 bits per heavy atom. The second-order valence-corrected chi connectivity index (χ2v) is 3.61. The van der Waals surface area contributed by atoms with Gasteiger partial charge in [0.25, 0.3) is 0 Å². The van der Waals surface area contributed by atoms with E-state index < -0.39 is 0 Å². The third kappa shape index (κ3) is 2.33. The van der Waals surface area contributed by atoms with Crippen molar-refractivity contribution in [3.05, 3.63) is 29.9 Å². The molecule has 2 heterocycles. The van der Waals surface area contributed by atoms with Crippen LogP contribution in [0.25, 0.3) is 11.3 Å². The summed E-state index contributed by atoms with van der Waals surface area (Å²) in [5.41, 5.74) is 1.70. The van der Waals surface area contributed by atoms with Crippen LogP contribution in [0.2, 0.25) is 5.15 Å². The van der Waals surface area contributed by atoms with Gasteiger partial charge in [-0.15, -0.1) is 0 Å². The van der Waals surface area contributed by atoms with Crippen molar-refractivity contribution in [3.63, 3.8) is 0 Å². The van der Waals surface area contributed by atoms with Gasteiger partial charge < -0.3 is 0 Å². The Bertz CT molecular complexity index is 452. The van der Waals surface area contributed by atoms with Crippen molar-refractivity contribution >= 4 is 11.6 Å². The molecule has 2 aromatic heterocycles. The predicted octanol–water partition coefficient (Wildman–Crippen LogP) is 2.40. The average Bonchev–Trinajstić information content (AvgIpc) is 2.67. The molecule has 0 aliphatic heterocycles. The summed E-state index contributed by atoms with van der Waals surface area (Å²) in [6, 6.07) is 0. The lowest BCUT2D eigenvalue weighted by Crippen LogP contribution is -1.95. The van der Waals surface area contributed by atoms with Crippen LogP contribution in [0.1, 0.15) is 13.3 Å². The van der Waals surface area contributed by atoms with Crippen LogP contribution in [-0.2, 0) is 6.54 Å². The summed E-state index contributed by atoms with van der Waals surface area (Å²) >= 11 is 5.76. The van der Waals surface area contributed by atoms with Crippen molar-refractivity contribution in [1.29, 1.82) is 0 Å². The van der Waals surface area contributed by atoms with E-state index in [4.69, 9.17) is 11.6 Å². The summed E-state index contributed by atoms with van der Waals surface area (Å²) < 4.78 is 1.89. The van der Waals surface area contributed by atoms with Crippen LogP contribution in [0.15, 0.2) is 24.8 Å². The van der Waals surface area contributed by atoms with E-state index >= 15 is 0 Å². The molecule has 0 fully saturated rings. The fourth-order valence-electron chi connectivity index (χ4n) is 1.33. The number of aromatic nitrogens is 4. The second kappa shape index (κ2) is 4.40. The summed E-state index contributed by atoms with van der Waals surface area (Å²) in [6.07, 6.45) is 7.98. The van der Waals surface area contributed by atoms with Crippen LogP contribution < -0.4 is 0 Å². The summed E-state index contributed by atoms with van der Waals surface area (Å²) in [5.74, 6) is 0. The molecule has 0 atom stereocenters. The third-order valence-corrected chi connectivity index (χ3v) is 2.17. The summed E-state index contributed by atoms with van der Waals surface area (Å²) in [5, 5.41) is 4.62. The van der Waals surface area contributed by atoms with Gasteiger partial charge in [0, 0.05) is 18.3 Å². The largest absolute Gasteiger partial charge is 0.272 e. The van der Waals surface area contributed by atoms with Crippen molar-refractivity contribution in [2.45, 2.75) is 19.9 Å². The molecule has 0 aliphatic carbocycles. The smallest absolute Gasteiger partial charge is 0.148 e. The Morgan fingerprint density at radius 1 is 1.33 bits per heavy atom. The van der Waals surface area contributed by atoms with Crippen LogP contribution in [0.3, 0.4) is 0 Å². The number of hydrogen-bond donors (Lipinski definition) is 0. The van der Waals surface area contributed by atoms with Gasteiger partial charge in [-0.3, -0.25) is 9.67 Å². The van der Waals surface area contributed by atoms with E-state index in [1.165, 1.54) is 6.20 Å². The molecule has 5 heteroatoms. The summed E-state index contributed by atoms with van der Waals surface area (Å²) in [6.45, 7) is 3.02. The Hall–Kier alpha value is -1.42. The fourth-order valence-corrected chi connectivity index (χ4v) is 1.48. The molecule has 2 rings (SSSR count). The van der Waals surface area contributed by atoms with Crippen molar-refractivity contribution in [2.24, 2.45) is 0 Å². The van der Waals surface area contributed by atoms with Crippen LogP contribution in [0, 0.1) is 0 Å². The lowest BCUT2D eigenvalue weighted by molar-refractivity contribution is 0.603. The molecule has 78 valence electrons. The molecule has 15 heavy (non-hydrogen) atoms. The Kier molecular flexibility index (Phi) is 2.97. The Labute approximate surface area is 92.9 Å². The van der Waals surface area contributed by atoms with E-state index in [1.807, 2.05) is 10.9 Å². The molecule has 0 aromatic carbocycles. The monoisotopic (exact) mass is 222 g/mol. The molecule has 0 unspecified atom stereocenters. The molecule has 2 aromatic rings. The molecule has 0 radical (unpaired) electrons. The van der Waals surface area contributed by atoms with Gasteiger partial charge in [-0.2, -0.15) is 5.10 Å². The maximum atomic E-state index is 5.76. The number of hydrogen-bond acceptors (Lipinski definition) is 3. The highest BCUT2D eigenvalue weighted by molar-refractivity contribution is 6.29. The van der Waals surface area contributed by atoms with Crippen molar-refractivity contribution in [1.82, 2.24) is 19.7 Å². The first-order valence-corrected chi connectivity index (χ1v) is 5.17. The Balaban J connectivity index is 2.29. The van der Waals surface area contributed by atoms with Crippen LogP contribution in [-0.4, -0.2) is 19.7 Å². The normalized spacial score (nSPS) is 10.5. The first-order valence-electron chi connectivity index (χ1n) is 4.80. The lowest BCUT2D eigenvalue weighted by Gasteiger charge is -1.96. The van der Waals surface area contributed by atoms with Gasteiger partial charge in [0.2, 0.25) is 0 Å². The van der Waals surface area contributed by atoms with Crippen LogP contribution in [0.4, 0.5) is 0 Å². The molecule has 4 nitrogen and oxygen atoms in total. The maximum absolute atomic E-state index is 5.76. The molecule has 0 amide bonds. The molecule has 0 N–H and O–H groups in total. The molecule has 0 spiro atoms. The third-order valence-electron chi connectivity index (χ3n) is 1.99. The summed E-state index contributed by atoms with van der Waals surface area (Å²) in [4.78, 5) is 8.15. The van der Waals surface area contributed by atoms with Gasteiger partial charge >= 0.3 is 0 Å². The first-order chi connectivity index (χ1) is 7.29. The molecule has 0 saturated heterocycles. The van der Waals surface area contributed by atoms with Crippen LogP contribution >= 0.6 is 11.6 Å². The van der Waals surface area contributed by atoms with Gasteiger partial charge in [0.1, 0.15) is 5.15 Å². The standard InChI is InChI=1S/C10H11ClN4/c1-2-3-15-7-8(4-13-15)9-5-12-6-10(11)14-9/h4-7H,2-3H2,1H3. The molecular weight excluding hydrogens is 212 g/mol. The molecule has 0 aliphatic rings. The van der Waals surface area contributed by atoms with Crippen molar-refractivity contribution in [2.75, 3.05) is 0 Å². The minimum absolute atomic E-state index is 0.399. The van der Waals surface area contributed by atoms with Crippen molar-refractivity contribution < 1.29 is 0 Å². The van der Waals surface area contributed by atoms with E-state index in [1.54, 1.807) is 12.4 Å². The topological polar surface area (TPSA) is 43.6 Å². The number of aryl methyl sites for hydroxylation is 1. The highest BCUT2D eigenvalue weighted by Gasteiger charge is 2.03. The van der Waals surface area contributed by atoms with E-state index in [9.17, 15) is 0 Å². The van der Waals surface area contributed by atoms with E-state index in [0.29, 0.717) is 5.15 Å². The molecule has 0 bridgehead atoms. The van der Waals surface area contributed by atoms with E-state index in [0.717, 1.165) is 24.2 Å². The van der Waals surface area contributed by atoms with Gasteiger partial charge in [0.15, 0.2) is 0 Å². The van der Waals surface area contributed by atoms with E-state index in [2.05, 4.69) is 22.0 Å². The molecule has 0 saturated carbocycles. The quantitative estimate of drug-likeness (QED) is 0.801. The van der Waals surface area contributed by atoms with E-state index in [-0.39, 0.29) is 0 Å². The maximum Gasteiger partial charge on any atom is 0.148 e. The zero-order valence-electron chi connectivity index (χ0n) is 8.39. The highest BCUT2D eigenvalue weighted by atomic mass is 35.5. The minimum Gasteiger partial charge on any atom is -0.272 e. The van der Waals surface area contributed by atoms with Gasteiger partial charge in [-0.25, -0.2) is 4.98 Å². The number of rotatable bonds is 3. The number of nitrogens with zero attached hydrogens (tertiary/aromatic N) is 4. The SMILES string of the molecule is CCCn1cc(-c2cncc(Cl)n2)cn1. The Morgan fingerprint density at radius 3 is 2.93 bits per heavy atom. The predicted molar refractivity (Wildman–Crippen MR) is 58.6 cm³/mol. The average molecular weight is 223 g/mol. The zero-order chi connectivity index (χ0) is 10.7. The van der Waals surface area contributed by atoms with Gasteiger partial charge in [0.05, 0.1) is 24.3 Å². The first kappa shape index (κ1) is 10.1. The zero-order valence-corrected chi connectivity index (χ0v) is 9.15. The van der Waals surface area contributed by atoms with Gasteiger partial charge in [-0.05, 0) is 6.42 Å². The second-order valence-electron chi connectivity index (χ2n) is 3.22. The molecular formula is C10H11ClN4. The lowest BCUT2D eigenvalue weighted by atomic mass is 10.3.